The van der Waals surface area contributed by atoms with E-state index in [1.165, 1.54) is 25.7 Å². The van der Waals surface area contributed by atoms with Crippen LogP contribution < -0.4 is 5.32 Å². The van der Waals surface area contributed by atoms with Gasteiger partial charge in [0.05, 0.1) is 5.69 Å². The summed E-state index contributed by atoms with van der Waals surface area (Å²) < 4.78 is 0. The quantitative estimate of drug-likeness (QED) is 0.893. The van der Waals surface area contributed by atoms with E-state index in [-0.39, 0.29) is 0 Å². The molecule has 1 aromatic rings. The summed E-state index contributed by atoms with van der Waals surface area (Å²) in [6.45, 7) is 2.17. The highest BCUT2D eigenvalue weighted by Gasteiger charge is 2.22. The normalized spacial score (nSPS) is 26.7. The van der Waals surface area contributed by atoms with Gasteiger partial charge in [0.25, 0.3) is 0 Å². The fourth-order valence-electron chi connectivity index (χ4n) is 2.44. The Morgan fingerprint density at radius 1 is 1.29 bits per heavy atom. The zero-order valence-corrected chi connectivity index (χ0v) is 11.4. The van der Waals surface area contributed by atoms with Crippen molar-refractivity contribution < 1.29 is 0 Å². The molecule has 1 saturated carbocycles. The molecule has 3 nitrogen and oxygen atoms in total. The van der Waals surface area contributed by atoms with Crippen LogP contribution in [-0.4, -0.2) is 27.5 Å². The molecule has 0 bridgehead atoms. The average molecular weight is 251 g/mol. The molecule has 1 N–H and O–H groups in total. The van der Waals surface area contributed by atoms with Gasteiger partial charge in [-0.1, -0.05) is 0 Å². The van der Waals surface area contributed by atoms with Crippen molar-refractivity contribution in [3.63, 3.8) is 0 Å². The molecule has 0 amide bonds. The number of hydrogen-bond donors (Lipinski definition) is 1. The first kappa shape index (κ1) is 12.8. The van der Waals surface area contributed by atoms with Gasteiger partial charge in [0.1, 0.15) is 0 Å². The van der Waals surface area contributed by atoms with Gasteiger partial charge in [0.15, 0.2) is 0 Å². The smallest absolute Gasteiger partial charge is 0.0753 e. The van der Waals surface area contributed by atoms with E-state index in [0.717, 1.165) is 10.9 Å². The predicted octanol–water partition coefficient (Wildman–Crippen LogP) is 2.80. The minimum Gasteiger partial charge on any atom is -0.306 e. The summed E-state index contributed by atoms with van der Waals surface area (Å²) in [4.78, 5) is 8.46. The van der Waals surface area contributed by atoms with Crippen molar-refractivity contribution in [3.8, 4) is 0 Å². The van der Waals surface area contributed by atoms with Crippen molar-refractivity contribution in [2.45, 2.75) is 49.9 Å². The Bertz CT molecular complexity index is 323. The van der Waals surface area contributed by atoms with E-state index in [4.69, 9.17) is 0 Å². The third kappa shape index (κ3) is 3.68. The van der Waals surface area contributed by atoms with Gasteiger partial charge in [-0.05, 0) is 38.9 Å². The van der Waals surface area contributed by atoms with Crippen molar-refractivity contribution in [1.82, 2.24) is 15.3 Å². The summed E-state index contributed by atoms with van der Waals surface area (Å²) >= 11 is 2.01. The molecule has 94 valence electrons. The summed E-state index contributed by atoms with van der Waals surface area (Å²) in [6.07, 6.45) is 12.8. The van der Waals surface area contributed by atoms with Crippen LogP contribution in [0.5, 0.6) is 0 Å². The van der Waals surface area contributed by atoms with Crippen molar-refractivity contribution in [2.75, 3.05) is 6.26 Å². The van der Waals surface area contributed by atoms with Crippen LogP contribution in [0.4, 0.5) is 0 Å². The summed E-state index contributed by atoms with van der Waals surface area (Å²) in [5, 5.41) is 4.54. The van der Waals surface area contributed by atoms with Crippen LogP contribution >= 0.6 is 11.8 Å². The minimum absolute atomic E-state index is 0.305. The lowest BCUT2D eigenvalue weighted by Gasteiger charge is -2.30. The maximum Gasteiger partial charge on any atom is 0.0753 e. The van der Waals surface area contributed by atoms with E-state index in [0.29, 0.717) is 12.1 Å². The number of rotatable bonds is 4. The van der Waals surface area contributed by atoms with Gasteiger partial charge in [-0.2, -0.15) is 11.8 Å². The number of hydrogen-bond acceptors (Lipinski definition) is 4. The van der Waals surface area contributed by atoms with E-state index in [2.05, 4.69) is 28.5 Å². The molecule has 4 heteroatoms. The van der Waals surface area contributed by atoms with Crippen LogP contribution in [0.15, 0.2) is 18.6 Å². The number of aromatic nitrogens is 2. The zero-order valence-electron chi connectivity index (χ0n) is 10.6. The van der Waals surface area contributed by atoms with Crippen LogP contribution in [0.25, 0.3) is 0 Å². The molecule has 1 unspecified atom stereocenters. The van der Waals surface area contributed by atoms with E-state index in [9.17, 15) is 0 Å². The lowest BCUT2D eigenvalue weighted by Crippen LogP contribution is -2.35. The van der Waals surface area contributed by atoms with Crippen molar-refractivity contribution in [3.05, 3.63) is 24.3 Å². The van der Waals surface area contributed by atoms with E-state index in [1.54, 1.807) is 12.4 Å². The fraction of sp³-hybridized carbons (Fsp3) is 0.692. The molecule has 1 aromatic heterocycles. The second-order valence-electron chi connectivity index (χ2n) is 4.73. The van der Waals surface area contributed by atoms with Crippen LogP contribution in [0.2, 0.25) is 0 Å². The highest BCUT2D eigenvalue weighted by atomic mass is 32.2. The lowest BCUT2D eigenvalue weighted by atomic mass is 9.94. The van der Waals surface area contributed by atoms with E-state index < -0.39 is 0 Å². The first-order valence-electron chi connectivity index (χ1n) is 6.34. The van der Waals surface area contributed by atoms with Crippen LogP contribution in [0, 0.1) is 0 Å². The third-order valence-corrected chi connectivity index (χ3v) is 4.66. The van der Waals surface area contributed by atoms with E-state index in [1.807, 2.05) is 18.0 Å². The molecule has 17 heavy (non-hydrogen) atoms. The van der Waals surface area contributed by atoms with Gasteiger partial charge in [0, 0.05) is 35.9 Å². The van der Waals surface area contributed by atoms with Crippen molar-refractivity contribution in [1.29, 1.82) is 0 Å². The Hall–Kier alpha value is -0.610. The van der Waals surface area contributed by atoms with Gasteiger partial charge in [-0.15, -0.1) is 0 Å². The monoisotopic (exact) mass is 251 g/mol. The van der Waals surface area contributed by atoms with Gasteiger partial charge in [-0.25, -0.2) is 0 Å². The molecule has 1 aliphatic carbocycles. The molecular formula is C13H21N3S. The van der Waals surface area contributed by atoms with Crippen molar-refractivity contribution in [2.24, 2.45) is 0 Å². The van der Waals surface area contributed by atoms with Gasteiger partial charge in [0.2, 0.25) is 0 Å². The first-order chi connectivity index (χ1) is 8.29. The number of nitrogens with zero attached hydrogens (tertiary/aromatic N) is 2. The average Bonchev–Trinajstić information content (AvgIpc) is 2.40. The topological polar surface area (TPSA) is 37.8 Å². The maximum atomic E-state index is 4.35. The highest BCUT2D eigenvalue weighted by Crippen LogP contribution is 2.27. The fourth-order valence-corrected chi connectivity index (χ4v) is 3.18. The summed E-state index contributed by atoms with van der Waals surface area (Å²) in [5.74, 6) is 0. The van der Waals surface area contributed by atoms with Gasteiger partial charge in [-0.3, -0.25) is 9.97 Å². The SMILES string of the molecule is CSC1CCC(NC(C)c2cnccn2)CC1. The second kappa shape index (κ2) is 6.36. The third-order valence-electron chi connectivity index (χ3n) is 3.52. The number of nitrogens with one attached hydrogen (secondary N) is 1. The highest BCUT2D eigenvalue weighted by molar-refractivity contribution is 7.99. The minimum atomic E-state index is 0.305. The molecule has 0 spiro atoms. The predicted molar refractivity (Wildman–Crippen MR) is 73.1 cm³/mol. The second-order valence-corrected chi connectivity index (χ2v) is 5.87. The molecule has 1 aliphatic rings. The molecular weight excluding hydrogens is 230 g/mol. The van der Waals surface area contributed by atoms with Crippen LogP contribution in [0.1, 0.15) is 44.3 Å². The summed E-state index contributed by atoms with van der Waals surface area (Å²) in [6, 6.07) is 0.954. The molecule has 1 heterocycles. The number of thioether (sulfide) groups is 1. The molecule has 0 radical (unpaired) electrons. The Morgan fingerprint density at radius 2 is 2.06 bits per heavy atom. The Balaban J connectivity index is 1.82. The summed E-state index contributed by atoms with van der Waals surface area (Å²) in [5.41, 5.74) is 1.04. The first-order valence-corrected chi connectivity index (χ1v) is 7.63. The van der Waals surface area contributed by atoms with E-state index >= 15 is 0 Å². The molecule has 0 saturated heterocycles. The largest absolute Gasteiger partial charge is 0.306 e. The summed E-state index contributed by atoms with van der Waals surface area (Å²) in [7, 11) is 0. The zero-order chi connectivity index (χ0) is 12.1. The molecule has 0 aliphatic heterocycles. The van der Waals surface area contributed by atoms with Crippen LogP contribution in [0.3, 0.4) is 0 Å². The standard InChI is InChI=1S/C13H21N3S/c1-10(13-9-14-7-8-15-13)16-11-3-5-12(17-2)6-4-11/h7-12,16H,3-6H2,1-2H3. The Kier molecular flexibility index (Phi) is 4.80. The van der Waals surface area contributed by atoms with Crippen LogP contribution in [-0.2, 0) is 0 Å². The maximum absolute atomic E-state index is 4.35. The molecule has 1 atom stereocenters. The molecule has 0 aromatic carbocycles. The molecule has 2 rings (SSSR count). The van der Waals surface area contributed by atoms with Gasteiger partial charge < -0.3 is 5.32 Å². The molecule has 1 fully saturated rings. The van der Waals surface area contributed by atoms with Gasteiger partial charge >= 0.3 is 0 Å². The Morgan fingerprint density at radius 3 is 2.65 bits per heavy atom. The van der Waals surface area contributed by atoms with Crippen molar-refractivity contribution >= 4 is 11.8 Å². The lowest BCUT2D eigenvalue weighted by molar-refractivity contribution is 0.349. The Labute approximate surface area is 108 Å².